The first kappa shape index (κ1) is 41.3. The Labute approximate surface area is 278 Å². The summed E-state index contributed by atoms with van der Waals surface area (Å²) in [4.78, 5) is 40.3. The number of carbonyl (C=O) groups is 3. The van der Waals surface area contributed by atoms with E-state index >= 15 is 0 Å². The van der Waals surface area contributed by atoms with Gasteiger partial charge in [-0.15, -0.1) is 0 Å². The topological polar surface area (TPSA) is 179 Å². The van der Waals surface area contributed by atoms with Crippen molar-refractivity contribution >= 4 is 38.0 Å². The van der Waals surface area contributed by atoms with Gasteiger partial charge in [0, 0.05) is 13.0 Å². The molecule has 2 unspecified atom stereocenters. The number of halogens is 6. The van der Waals surface area contributed by atoms with Crippen LogP contribution in [0.2, 0.25) is 0 Å². The maximum absolute atomic E-state index is 13.2. The third kappa shape index (κ3) is 12.8. The van der Waals surface area contributed by atoms with Gasteiger partial charge in [0.05, 0.1) is 13.6 Å². The molecule has 0 spiro atoms. The van der Waals surface area contributed by atoms with Crippen LogP contribution >= 0.6 is 0 Å². The molecule has 3 amide bonds. The van der Waals surface area contributed by atoms with E-state index in [2.05, 4.69) is 10.6 Å². The summed E-state index contributed by atoms with van der Waals surface area (Å²) in [5.74, 6) is -0.590. The molecule has 2 atom stereocenters. The number of nitrogens with one attached hydrogen (secondary N) is 2. The molecule has 2 aromatic rings. The number of hydrogen-bond acceptors (Lipinski definition) is 8. The third-order valence-corrected chi connectivity index (χ3v) is 9.11. The first-order valence-electron chi connectivity index (χ1n) is 14.3. The molecule has 22 heteroatoms. The zero-order chi connectivity index (χ0) is 37.4. The second-order valence-corrected chi connectivity index (χ2v) is 15.0. The zero-order valence-corrected chi connectivity index (χ0v) is 28.3. The third-order valence-electron chi connectivity index (χ3n) is 6.37. The van der Waals surface area contributed by atoms with Crippen molar-refractivity contribution in [3.8, 4) is 0 Å². The molecule has 2 N–H and O–H groups in total. The van der Waals surface area contributed by atoms with Crippen LogP contribution in [-0.4, -0.2) is 86.0 Å². The molecule has 2 heterocycles. The molecule has 49 heavy (non-hydrogen) atoms. The summed E-state index contributed by atoms with van der Waals surface area (Å²) in [6, 6.07) is 8.16. The summed E-state index contributed by atoms with van der Waals surface area (Å²) in [5, 5.41) is 5.83. The molecule has 1 aromatic heterocycles. The molecule has 1 saturated heterocycles. The van der Waals surface area contributed by atoms with Crippen LogP contribution in [0.3, 0.4) is 0 Å². The number of hydrogen-bond donors (Lipinski definition) is 2. The van der Waals surface area contributed by atoms with Crippen LogP contribution in [0.4, 0.5) is 31.1 Å². The predicted molar refractivity (Wildman–Crippen MR) is 160 cm³/mol. The van der Waals surface area contributed by atoms with Gasteiger partial charge in [-0.2, -0.15) is 26.3 Å². The number of alkyl halides is 6. The standard InChI is InChI=1S/C25H35N5O4.C2F6NO4S2/c1-25(2,3)34-24(33)30-13-8-11-21(30)23(32)27-20(17-19-9-6-5-7-10-19)22(31)26-12-14-29-16-15-28(4)18-29;3-1(4,5)14(10,11)9-15(12,13)2(6,7)8/h5-7,9-10,15-16,18,20-21H,8,11-14,17H2,1-4H3,(H-,26,27,31,32);/q;-1/p+1. The number of imidazole rings is 1. The minimum atomic E-state index is -6.72. The molecular weight excluding hydrogens is 714 g/mol. The lowest BCUT2D eigenvalue weighted by molar-refractivity contribution is -0.671. The molecule has 3 rings (SSSR count). The van der Waals surface area contributed by atoms with E-state index in [1.165, 1.54) is 4.90 Å². The molecule has 0 bridgehead atoms. The van der Waals surface area contributed by atoms with Crippen molar-refractivity contribution in [1.82, 2.24) is 20.1 Å². The highest BCUT2D eigenvalue weighted by atomic mass is 32.3. The number of rotatable bonds is 10. The first-order valence-corrected chi connectivity index (χ1v) is 17.2. The van der Waals surface area contributed by atoms with Crippen LogP contribution < -0.4 is 15.2 Å². The van der Waals surface area contributed by atoms with Crippen LogP contribution in [0.1, 0.15) is 39.2 Å². The Morgan fingerprint density at radius 3 is 2.06 bits per heavy atom. The Balaban J connectivity index is 0.000000469. The van der Waals surface area contributed by atoms with Gasteiger partial charge >= 0.3 is 17.1 Å². The van der Waals surface area contributed by atoms with Crippen LogP contribution in [0, 0.1) is 0 Å². The lowest BCUT2D eigenvalue weighted by Crippen LogP contribution is -2.54. The minimum Gasteiger partial charge on any atom is -0.444 e. The summed E-state index contributed by atoms with van der Waals surface area (Å²) in [6.45, 7) is 6.89. The predicted octanol–water partition coefficient (Wildman–Crippen LogP) is 2.62. The molecule has 0 saturated carbocycles. The zero-order valence-electron chi connectivity index (χ0n) is 26.7. The Bertz CT molecular complexity index is 1620. The normalized spacial score (nSPS) is 16.3. The van der Waals surface area contributed by atoms with E-state index in [0.29, 0.717) is 38.9 Å². The minimum absolute atomic E-state index is 0.254. The van der Waals surface area contributed by atoms with E-state index in [1.807, 2.05) is 65.2 Å². The van der Waals surface area contributed by atoms with Crippen molar-refractivity contribution in [2.24, 2.45) is 7.05 Å². The van der Waals surface area contributed by atoms with Crippen molar-refractivity contribution in [2.75, 3.05) is 13.1 Å². The molecule has 1 aliphatic rings. The lowest BCUT2D eigenvalue weighted by Gasteiger charge is -2.29. The van der Waals surface area contributed by atoms with Gasteiger partial charge in [-0.25, -0.2) is 30.8 Å². The number of ether oxygens (including phenoxy) is 1. The fourth-order valence-corrected chi connectivity index (χ4v) is 5.89. The maximum Gasteiger partial charge on any atom is 0.480 e. The van der Waals surface area contributed by atoms with Crippen LogP contribution in [0.25, 0.3) is 4.13 Å². The van der Waals surface area contributed by atoms with Crippen LogP contribution in [0.5, 0.6) is 0 Å². The molecule has 276 valence electrons. The van der Waals surface area contributed by atoms with Crippen molar-refractivity contribution < 1.29 is 66.9 Å². The van der Waals surface area contributed by atoms with Gasteiger partial charge < -0.3 is 19.5 Å². The number of nitrogens with zero attached hydrogens (tertiary/aromatic N) is 4. The second kappa shape index (κ2) is 16.2. The highest BCUT2D eigenvalue weighted by Crippen LogP contribution is 2.36. The number of benzene rings is 1. The second-order valence-electron chi connectivity index (χ2n) is 11.6. The summed E-state index contributed by atoms with van der Waals surface area (Å²) < 4.78 is 119. The largest absolute Gasteiger partial charge is 0.480 e. The van der Waals surface area contributed by atoms with E-state index in [9.17, 15) is 57.6 Å². The number of aryl methyl sites for hydroxylation is 1. The molecule has 1 aliphatic heterocycles. The smallest absolute Gasteiger partial charge is 0.444 e. The van der Waals surface area contributed by atoms with Crippen molar-refractivity contribution in [3.63, 3.8) is 0 Å². The van der Waals surface area contributed by atoms with Gasteiger partial charge in [-0.3, -0.25) is 14.5 Å². The van der Waals surface area contributed by atoms with Gasteiger partial charge in [-0.05, 0) is 39.2 Å². The average Bonchev–Trinajstić information content (AvgIpc) is 3.60. The fourth-order valence-electron chi connectivity index (χ4n) is 4.18. The lowest BCUT2D eigenvalue weighted by atomic mass is 10.0. The Hall–Kier alpha value is -3.92. The fraction of sp³-hybridized carbons (Fsp3) is 0.556. The van der Waals surface area contributed by atoms with Crippen LogP contribution in [-0.2, 0) is 54.4 Å². The molecule has 0 aliphatic carbocycles. The Kier molecular flexibility index (Phi) is 13.6. The quantitative estimate of drug-likeness (QED) is 0.275. The first-order chi connectivity index (χ1) is 22.3. The van der Waals surface area contributed by atoms with Crippen molar-refractivity contribution in [3.05, 3.63) is 58.7 Å². The summed E-state index contributed by atoms with van der Waals surface area (Å²) >= 11 is 0. The molecule has 1 aromatic carbocycles. The van der Waals surface area contributed by atoms with Gasteiger partial charge in [0.2, 0.25) is 18.1 Å². The summed E-state index contributed by atoms with van der Waals surface area (Å²) in [6.07, 6.45) is 6.89. The number of likely N-dealkylation sites (tertiary alicyclic amines) is 1. The highest BCUT2D eigenvalue weighted by molar-refractivity contribution is 8.13. The van der Waals surface area contributed by atoms with E-state index in [4.69, 9.17) is 4.74 Å². The van der Waals surface area contributed by atoms with Gasteiger partial charge in [0.25, 0.3) is 0 Å². The molecule has 0 radical (unpaired) electrons. The van der Waals surface area contributed by atoms with E-state index in [-0.39, 0.29) is 11.8 Å². The van der Waals surface area contributed by atoms with Gasteiger partial charge in [0.15, 0.2) is 20.0 Å². The Morgan fingerprint density at radius 2 is 1.57 bits per heavy atom. The van der Waals surface area contributed by atoms with E-state index < -0.39 is 54.8 Å². The monoisotopic (exact) mass is 750 g/mol. The summed E-state index contributed by atoms with van der Waals surface area (Å²) in [7, 11) is -11.5. The van der Waals surface area contributed by atoms with Crippen molar-refractivity contribution in [2.45, 2.75) is 75.3 Å². The Morgan fingerprint density at radius 1 is 1.00 bits per heavy atom. The van der Waals surface area contributed by atoms with Gasteiger partial charge in [0.1, 0.15) is 36.6 Å². The number of sulfonamides is 2. The molecule has 1 fully saturated rings. The number of aromatic nitrogens is 2. The maximum atomic E-state index is 13.2. The highest BCUT2D eigenvalue weighted by Gasteiger charge is 2.47. The summed E-state index contributed by atoms with van der Waals surface area (Å²) in [5.41, 5.74) is -12.1. The number of carbonyl (C=O) groups excluding carboxylic acids is 3. The van der Waals surface area contributed by atoms with E-state index in [0.717, 1.165) is 9.69 Å². The average molecular weight is 751 g/mol. The van der Waals surface area contributed by atoms with Gasteiger partial charge in [-0.1, -0.05) is 30.3 Å². The molecular formula is C27H36F6N6O8S2. The molecule has 14 nitrogen and oxygen atoms in total. The van der Waals surface area contributed by atoms with Crippen LogP contribution in [0.15, 0.2) is 49.1 Å². The van der Waals surface area contributed by atoms with E-state index in [1.54, 1.807) is 20.8 Å². The number of amides is 3. The van der Waals surface area contributed by atoms with Crippen molar-refractivity contribution in [1.29, 1.82) is 0 Å². The SMILES string of the molecule is C[n+]1ccn(CCNC(=O)C(Cc2ccccc2)NC(=O)C2CCCN2C(=O)OC(C)(C)C)c1.O=S(=O)([N-]S(=O)(=O)C(F)(F)F)C(F)(F)F.